The number of nitrogens with two attached hydrogens (primary N) is 1. The highest BCUT2D eigenvalue weighted by Gasteiger charge is 1.96. The maximum absolute atomic E-state index is 5.47. The Hall–Kier alpha value is -0.610. The Morgan fingerprint density at radius 2 is 2.55 bits per heavy atom. The molecule has 1 aromatic rings. The van der Waals surface area contributed by atoms with Crippen LogP contribution in [0.4, 0.5) is 5.13 Å². The molecule has 0 fully saturated rings. The van der Waals surface area contributed by atoms with E-state index in [1.54, 1.807) is 0 Å². The van der Waals surface area contributed by atoms with E-state index in [1.165, 1.54) is 11.3 Å². The fourth-order valence-corrected chi connectivity index (χ4v) is 1.43. The molecule has 0 saturated carbocycles. The molecule has 0 aliphatic heterocycles. The van der Waals surface area contributed by atoms with Crippen molar-refractivity contribution in [1.29, 1.82) is 0 Å². The zero-order valence-corrected chi connectivity index (χ0v) is 7.45. The first-order valence-electron chi connectivity index (χ1n) is 3.73. The Balaban J connectivity index is 2.27. The second-order valence-corrected chi connectivity index (χ2v) is 3.17. The largest absolute Gasteiger partial charge is 0.375 e. The van der Waals surface area contributed by atoms with Crippen LogP contribution in [-0.4, -0.2) is 18.1 Å². The number of likely N-dealkylation sites (N-methyl/N-ethyl adjacent to an activating group) is 1. The molecule has 1 aromatic heterocycles. The molecule has 62 valence electrons. The highest BCUT2D eigenvalue weighted by Crippen LogP contribution is 2.10. The Morgan fingerprint density at radius 1 is 1.73 bits per heavy atom. The van der Waals surface area contributed by atoms with Gasteiger partial charge in [0, 0.05) is 18.3 Å². The lowest BCUT2D eigenvalue weighted by Gasteiger charge is -1.96. The van der Waals surface area contributed by atoms with Gasteiger partial charge in [-0.2, -0.15) is 0 Å². The molecule has 0 radical (unpaired) electrons. The van der Waals surface area contributed by atoms with Gasteiger partial charge in [0.2, 0.25) is 0 Å². The average molecular weight is 171 g/mol. The van der Waals surface area contributed by atoms with Crippen LogP contribution >= 0.6 is 11.3 Å². The summed E-state index contributed by atoms with van der Waals surface area (Å²) in [5, 5.41) is 5.90. The lowest BCUT2D eigenvalue weighted by Crippen LogP contribution is -2.16. The molecule has 0 aromatic carbocycles. The van der Waals surface area contributed by atoms with Crippen LogP contribution < -0.4 is 11.1 Å². The van der Waals surface area contributed by atoms with Crippen molar-refractivity contribution < 1.29 is 0 Å². The molecular weight excluding hydrogens is 158 g/mol. The van der Waals surface area contributed by atoms with E-state index >= 15 is 0 Å². The second kappa shape index (κ2) is 4.31. The van der Waals surface area contributed by atoms with Crippen LogP contribution in [0.2, 0.25) is 0 Å². The molecule has 0 atom stereocenters. The number of nitrogens with one attached hydrogen (secondary N) is 1. The summed E-state index contributed by atoms with van der Waals surface area (Å²) in [7, 11) is 0. The number of hydrogen-bond donors (Lipinski definition) is 2. The van der Waals surface area contributed by atoms with Crippen LogP contribution in [0.15, 0.2) is 5.38 Å². The van der Waals surface area contributed by atoms with E-state index in [4.69, 9.17) is 5.73 Å². The zero-order chi connectivity index (χ0) is 8.10. The Kier molecular flexibility index (Phi) is 3.32. The van der Waals surface area contributed by atoms with E-state index in [2.05, 4.69) is 17.2 Å². The summed E-state index contributed by atoms with van der Waals surface area (Å²) in [6.45, 7) is 4.09. The molecule has 0 bridgehead atoms. The molecule has 3 N–H and O–H groups in total. The minimum Gasteiger partial charge on any atom is -0.375 e. The number of nitrogen functional groups attached to an aromatic ring is 1. The van der Waals surface area contributed by atoms with Crippen molar-refractivity contribution in [2.24, 2.45) is 0 Å². The zero-order valence-electron chi connectivity index (χ0n) is 6.63. The van der Waals surface area contributed by atoms with Crippen molar-refractivity contribution in [3.63, 3.8) is 0 Å². The van der Waals surface area contributed by atoms with E-state index in [9.17, 15) is 0 Å². The molecule has 0 amide bonds. The van der Waals surface area contributed by atoms with E-state index in [0.29, 0.717) is 5.13 Å². The van der Waals surface area contributed by atoms with Gasteiger partial charge in [-0.3, -0.25) is 0 Å². The van der Waals surface area contributed by atoms with E-state index < -0.39 is 0 Å². The number of aromatic nitrogens is 1. The van der Waals surface area contributed by atoms with Crippen LogP contribution in [0.3, 0.4) is 0 Å². The first-order valence-corrected chi connectivity index (χ1v) is 4.61. The lowest BCUT2D eigenvalue weighted by atomic mass is 10.3. The predicted octanol–water partition coefficient (Wildman–Crippen LogP) is 0.877. The van der Waals surface area contributed by atoms with Crippen molar-refractivity contribution in [1.82, 2.24) is 10.3 Å². The van der Waals surface area contributed by atoms with Crippen molar-refractivity contribution in [2.45, 2.75) is 13.3 Å². The minimum atomic E-state index is 0.663. The van der Waals surface area contributed by atoms with Crippen LogP contribution in [-0.2, 0) is 6.42 Å². The first-order chi connectivity index (χ1) is 5.33. The molecule has 11 heavy (non-hydrogen) atoms. The van der Waals surface area contributed by atoms with Gasteiger partial charge in [-0.15, -0.1) is 11.3 Å². The van der Waals surface area contributed by atoms with Gasteiger partial charge in [0.05, 0.1) is 5.69 Å². The SMILES string of the molecule is CCNCCc1csc(N)n1. The van der Waals surface area contributed by atoms with Gasteiger partial charge >= 0.3 is 0 Å². The number of nitrogens with zero attached hydrogens (tertiary/aromatic N) is 1. The third-order valence-electron chi connectivity index (χ3n) is 1.38. The average Bonchev–Trinajstić information content (AvgIpc) is 2.37. The quantitative estimate of drug-likeness (QED) is 0.661. The molecule has 1 heterocycles. The number of hydrogen-bond acceptors (Lipinski definition) is 4. The highest BCUT2D eigenvalue weighted by atomic mass is 32.1. The molecule has 4 heteroatoms. The summed E-state index contributed by atoms with van der Waals surface area (Å²) in [5.74, 6) is 0. The van der Waals surface area contributed by atoms with Gasteiger partial charge in [-0.25, -0.2) is 4.98 Å². The van der Waals surface area contributed by atoms with E-state index in [0.717, 1.165) is 25.2 Å². The summed E-state index contributed by atoms with van der Waals surface area (Å²) in [6, 6.07) is 0. The molecule has 0 saturated heterocycles. The molecule has 0 aliphatic rings. The standard InChI is InChI=1S/C7H13N3S/c1-2-9-4-3-6-5-11-7(8)10-6/h5,9H,2-4H2,1H3,(H2,8,10). The van der Waals surface area contributed by atoms with Crippen LogP contribution in [0, 0.1) is 0 Å². The Morgan fingerprint density at radius 3 is 3.09 bits per heavy atom. The molecule has 3 nitrogen and oxygen atoms in total. The Bertz CT molecular complexity index is 209. The van der Waals surface area contributed by atoms with Gasteiger partial charge in [0.1, 0.15) is 0 Å². The molecule has 0 aliphatic carbocycles. The molecular formula is C7H13N3S. The van der Waals surface area contributed by atoms with Crippen molar-refractivity contribution in [3.8, 4) is 0 Å². The first kappa shape index (κ1) is 8.49. The normalized spacial score (nSPS) is 10.3. The fraction of sp³-hybridized carbons (Fsp3) is 0.571. The van der Waals surface area contributed by atoms with Gasteiger partial charge in [0.25, 0.3) is 0 Å². The third-order valence-corrected chi connectivity index (χ3v) is 2.10. The number of thiazole rings is 1. The smallest absolute Gasteiger partial charge is 0.180 e. The van der Waals surface area contributed by atoms with Crippen LogP contribution in [0.25, 0.3) is 0 Å². The van der Waals surface area contributed by atoms with E-state index in [1.807, 2.05) is 5.38 Å². The predicted molar refractivity (Wildman–Crippen MR) is 48.8 cm³/mol. The van der Waals surface area contributed by atoms with Crippen molar-refractivity contribution in [3.05, 3.63) is 11.1 Å². The number of anilines is 1. The van der Waals surface area contributed by atoms with Gasteiger partial charge in [-0.1, -0.05) is 6.92 Å². The van der Waals surface area contributed by atoms with Crippen LogP contribution in [0.1, 0.15) is 12.6 Å². The van der Waals surface area contributed by atoms with E-state index in [-0.39, 0.29) is 0 Å². The topological polar surface area (TPSA) is 50.9 Å². The fourth-order valence-electron chi connectivity index (χ4n) is 0.831. The minimum absolute atomic E-state index is 0.663. The van der Waals surface area contributed by atoms with Crippen molar-refractivity contribution >= 4 is 16.5 Å². The second-order valence-electron chi connectivity index (χ2n) is 2.28. The maximum atomic E-state index is 5.47. The summed E-state index contributed by atoms with van der Waals surface area (Å²) < 4.78 is 0. The summed E-state index contributed by atoms with van der Waals surface area (Å²) in [5.41, 5.74) is 6.56. The Labute approximate surface area is 70.6 Å². The summed E-state index contributed by atoms with van der Waals surface area (Å²) in [4.78, 5) is 4.14. The molecule has 1 rings (SSSR count). The lowest BCUT2D eigenvalue weighted by molar-refractivity contribution is 0.710. The highest BCUT2D eigenvalue weighted by molar-refractivity contribution is 7.13. The molecule has 0 unspecified atom stereocenters. The maximum Gasteiger partial charge on any atom is 0.180 e. The van der Waals surface area contributed by atoms with Gasteiger partial charge in [-0.05, 0) is 6.54 Å². The van der Waals surface area contributed by atoms with Gasteiger partial charge in [0.15, 0.2) is 5.13 Å². The summed E-state index contributed by atoms with van der Waals surface area (Å²) >= 11 is 1.50. The monoisotopic (exact) mass is 171 g/mol. The number of rotatable bonds is 4. The third kappa shape index (κ3) is 2.86. The van der Waals surface area contributed by atoms with Gasteiger partial charge < -0.3 is 11.1 Å². The van der Waals surface area contributed by atoms with Crippen LogP contribution in [0.5, 0.6) is 0 Å². The van der Waals surface area contributed by atoms with Crippen molar-refractivity contribution in [2.75, 3.05) is 18.8 Å². The molecule has 0 spiro atoms. The summed E-state index contributed by atoms with van der Waals surface area (Å²) in [6.07, 6.45) is 0.974.